The standard InChI is InChI=1S/C21H17N5O2S/c1-2-3-12-25-15-7-5-4-6-14(15)16(19(25)27)17-20(28)26-21(29-17)23-18(24-26)13-8-10-22-11-9-13/h4-11H,2-3,12H2,1H3/b17-16-. The van der Waals surface area contributed by atoms with E-state index < -0.39 is 0 Å². The molecule has 0 N–H and O–H groups in total. The van der Waals surface area contributed by atoms with Crippen molar-refractivity contribution in [2.75, 3.05) is 11.4 Å². The topological polar surface area (TPSA) is 80.5 Å². The summed E-state index contributed by atoms with van der Waals surface area (Å²) in [7, 11) is 0. The van der Waals surface area contributed by atoms with Gasteiger partial charge in [0.15, 0.2) is 5.82 Å². The summed E-state index contributed by atoms with van der Waals surface area (Å²) in [6.07, 6.45) is 5.20. The van der Waals surface area contributed by atoms with Gasteiger partial charge in [-0.25, -0.2) is 0 Å². The fourth-order valence-electron chi connectivity index (χ4n) is 3.55. The van der Waals surface area contributed by atoms with Crippen molar-refractivity contribution >= 4 is 33.5 Å². The molecule has 0 unspecified atom stereocenters. The van der Waals surface area contributed by atoms with Crippen LogP contribution in [0.1, 0.15) is 25.3 Å². The zero-order valence-corrected chi connectivity index (χ0v) is 16.5. The molecule has 0 aliphatic carbocycles. The van der Waals surface area contributed by atoms with Crippen molar-refractivity contribution in [1.29, 1.82) is 0 Å². The number of fused-ring (bicyclic) bond motifs is 2. The highest BCUT2D eigenvalue weighted by molar-refractivity contribution is 7.15. The SMILES string of the molecule is CCCCN1C(=O)/C(=c2\sc3nc(-c4ccncc4)nn3c2=O)c2ccccc21. The number of hydrogen-bond donors (Lipinski definition) is 0. The normalized spacial score (nSPS) is 15.3. The molecular formula is C21H17N5O2S. The van der Waals surface area contributed by atoms with E-state index in [4.69, 9.17) is 0 Å². The zero-order chi connectivity index (χ0) is 20.0. The molecule has 1 aliphatic heterocycles. The van der Waals surface area contributed by atoms with Crippen LogP contribution >= 0.6 is 11.3 Å². The van der Waals surface area contributed by atoms with E-state index in [2.05, 4.69) is 22.0 Å². The zero-order valence-electron chi connectivity index (χ0n) is 15.7. The van der Waals surface area contributed by atoms with E-state index >= 15 is 0 Å². The Morgan fingerprint density at radius 3 is 2.62 bits per heavy atom. The highest BCUT2D eigenvalue weighted by Gasteiger charge is 2.33. The van der Waals surface area contributed by atoms with Crippen molar-refractivity contribution in [2.24, 2.45) is 0 Å². The molecule has 8 heteroatoms. The second-order valence-electron chi connectivity index (χ2n) is 6.80. The molecule has 1 aromatic carbocycles. The molecule has 0 fully saturated rings. The Kier molecular flexibility index (Phi) is 4.21. The number of anilines is 1. The Hall–Kier alpha value is -3.39. The summed E-state index contributed by atoms with van der Waals surface area (Å²) in [6, 6.07) is 11.2. The molecule has 4 heterocycles. The summed E-state index contributed by atoms with van der Waals surface area (Å²) >= 11 is 1.21. The minimum absolute atomic E-state index is 0.129. The van der Waals surface area contributed by atoms with Gasteiger partial charge in [0.25, 0.3) is 11.5 Å². The molecule has 29 heavy (non-hydrogen) atoms. The van der Waals surface area contributed by atoms with Crippen molar-refractivity contribution in [3.63, 3.8) is 0 Å². The van der Waals surface area contributed by atoms with E-state index in [1.807, 2.05) is 24.3 Å². The number of unbranched alkanes of at least 4 members (excludes halogenated alkanes) is 1. The lowest BCUT2D eigenvalue weighted by atomic mass is 10.1. The van der Waals surface area contributed by atoms with E-state index in [0.29, 0.717) is 27.4 Å². The Labute approximate surface area is 170 Å². The number of rotatable bonds is 4. The van der Waals surface area contributed by atoms with Gasteiger partial charge in [0, 0.05) is 30.1 Å². The van der Waals surface area contributed by atoms with Crippen molar-refractivity contribution in [2.45, 2.75) is 19.8 Å². The van der Waals surface area contributed by atoms with Gasteiger partial charge >= 0.3 is 0 Å². The third-order valence-corrected chi connectivity index (χ3v) is 6.01. The number of carbonyl (C=O) groups excluding carboxylic acids is 1. The van der Waals surface area contributed by atoms with Crippen LogP contribution in [-0.4, -0.2) is 32.0 Å². The maximum absolute atomic E-state index is 13.2. The second kappa shape index (κ2) is 6.89. The van der Waals surface area contributed by atoms with Gasteiger partial charge in [-0.05, 0) is 24.6 Å². The molecule has 0 radical (unpaired) electrons. The van der Waals surface area contributed by atoms with Crippen molar-refractivity contribution in [1.82, 2.24) is 19.6 Å². The summed E-state index contributed by atoms with van der Waals surface area (Å²) < 4.78 is 1.67. The molecule has 1 amide bonds. The minimum Gasteiger partial charge on any atom is -0.308 e. The maximum atomic E-state index is 13.2. The first-order valence-corrected chi connectivity index (χ1v) is 10.3. The van der Waals surface area contributed by atoms with Gasteiger partial charge in [-0.3, -0.25) is 14.6 Å². The van der Waals surface area contributed by atoms with Crippen molar-refractivity contribution < 1.29 is 4.79 Å². The summed E-state index contributed by atoms with van der Waals surface area (Å²) in [4.78, 5) is 37.0. The smallest absolute Gasteiger partial charge is 0.291 e. The van der Waals surface area contributed by atoms with Crippen molar-refractivity contribution in [3.05, 3.63) is 69.2 Å². The van der Waals surface area contributed by atoms with Crippen molar-refractivity contribution in [3.8, 4) is 11.4 Å². The predicted octanol–water partition coefficient (Wildman–Crippen LogP) is 2.28. The molecule has 1 aliphatic rings. The number of amides is 1. The van der Waals surface area contributed by atoms with Crippen LogP contribution in [0.3, 0.4) is 0 Å². The number of para-hydroxylation sites is 1. The second-order valence-corrected chi connectivity index (χ2v) is 7.78. The first-order valence-electron chi connectivity index (χ1n) is 9.44. The van der Waals surface area contributed by atoms with E-state index in [1.165, 1.54) is 15.9 Å². The average Bonchev–Trinajstić information content (AvgIpc) is 3.38. The fourth-order valence-corrected chi connectivity index (χ4v) is 4.54. The molecule has 0 atom stereocenters. The van der Waals surface area contributed by atoms with Crippen LogP contribution in [-0.2, 0) is 4.79 Å². The number of pyridine rings is 1. The number of carbonyl (C=O) groups is 1. The summed E-state index contributed by atoms with van der Waals surface area (Å²) in [5, 5.41) is 4.36. The minimum atomic E-state index is -0.312. The van der Waals surface area contributed by atoms with Gasteiger partial charge in [0.05, 0.1) is 11.3 Å². The number of hydrogen-bond acceptors (Lipinski definition) is 6. The predicted molar refractivity (Wildman–Crippen MR) is 112 cm³/mol. The van der Waals surface area contributed by atoms with Crippen LogP contribution in [0.4, 0.5) is 5.69 Å². The molecule has 0 saturated carbocycles. The molecule has 4 aromatic rings. The third-order valence-electron chi connectivity index (χ3n) is 4.98. The molecule has 144 valence electrons. The fraction of sp³-hybridized carbons (Fsp3) is 0.190. The van der Waals surface area contributed by atoms with Crippen LogP contribution in [0, 0.1) is 0 Å². The van der Waals surface area contributed by atoms with Gasteiger partial charge in [-0.2, -0.15) is 9.50 Å². The highest BCUT2D eigenvalue weighted by Crippen LogP contribution is 2.35. The lowest BCUT2D eigenvalue weighted by Crippen LogP contribution is -2.33. The van der Waals surface area contributed by atoms with Gasteiger partial charge in [0.1, 0.15) is 4.53 Å². The van der Waals surface area contributed by atoms with Gasteiger partial charge in [0.2, 0.25) is 4.96 Å². The number of benzene rings is 1. The number of thiazole rings is 1. The van der Waals surface area contributed by atoms with Crippen LogP contribution in [0.2, 0.25) is 0 Å². The highest BCUT2D eigenvalue weighted by atomic mass is 32.1. The van der Waals surface area contributed by atoms with Gasteiger partial charge < -0.3 is 4.90 Å². The molecule has 0 bridgehead atoms. The Morgan fingerprint density at radius 1 is 1.07 bits per heavy atom. The van der Waals surface area contributed by atoms with E-state index in [0.717, 1.165) is 29.7 Å². The Morgan fingerprint density at radius 2 is 1.86 bits per heavy atom. The average molecular weight is 403 g/mol. The molecule has 5 rings (SSSR count). The van der Waals surface area contributed by atoms with E-state index in [1.54, 1.807) is 29.4 Å². The first kappa shape index (κ1) is 17.7. The van der Waals surface area contributed by atoms with Crippen LogP contribution in [0.5, 0.6) is 0 Å². The summed E-state index contributed by atoms with van der Waals surface area (Å²) in [5.41, 5.74) is 2.58. The van der Waals surface area contributed by atoms with Crippen LogP contribution in [0.15, 0.2) is 53.6 Å². The molecule has 7 nitrogen and oxygen atoms in total. The first-order chi connectivity index (χ1) is 14.2. The molecule has 3 aromatic heterocycles. The van der Waals surface area contributed by atoms with Crippen LogP contribution in [0.25, 0.3) is 21.9 Å². The molecular weight excluding hydrogens is 386 g/mol. The van der Waals surface area contributed by atoms with Gasteiger partial charge in [-0.15, -0.1) is 5.10 Å². The van der Waals surface area contributed by atoms with E-state index in [9.17, 15) is 9.59 Å². The monoisotopic (exact) mass is 403 g/mol. The lowest BCUT2D eigenvalue weighted by molar-refractivity contribution is -0.113. The summed E-state index contributed by atoms with van der Waals surface area (Å²) in [6.45, 7) is 2.73. The largest absolute Gasteiger partial charge is 0.308 e. The number of nitrogens with zero attached hydrogens (tertiary/aromatic N) is 5. The third kappa shape index (κ3) is 2.75. The lowest BCUT2D eigenvalue weighted by Gasteiger charge is -2.16. The number of aromatic nitrogens is 4. The summed E-state index contributed by atoms with van der Waals surface area (Å²) in [5.74, 6) is 0.339. The van der Waals surface area contributed by atoms with Gasteiger partial charge in [-0.1, -0.05) is 42.9 Å². The molecule has 0 saturated heterocycles. The molecule has 0 spiro atoms. The Balaban J connectivity index is 1.70. The maximum Gasteiger partial charge on any atom is 0.291 e. The van der Waals surface area contributed by atoms with E-state index in [-0.39, 0.29) is 11.5 Å². The van der Waals surface area contributed by atoms with Crippen LogP contribution < -0.4 is 15.0 Å². The quantitative estimate of drug-likeness (QED) is 0.522. The Bertz CT molecular complexity index is 1340.